The fourth-order valence-corrected chi connectivity index (χ4v) is 3.58. The van der Waals surface area contributed by atoms with Gasteiger partial charge in [-0.2, -0.15) is 0 Å². The maximum Gasteiger partial charge on any atom is 0.317 e. The molecule has 2 aromatic heterocycles. The summed E-state index contributed by atoms with van der Waals surface area (Å²) in [6.07, 6.45) is 4.84. The van der Waals surface area contributed by atoms with E-state index in [1.807, 2.05) is 41.5 Å². The quantitative estimate of drug-likeness (QED) is 0.842. The molecule has 0 radical (unpaired) electrons. The normalized spacial score (nSPS) is 17.5. The molecule has 0 aliphatic carbocycles. The van der Waals surface area contributed by atoms with Crippen LogP contribution in [0.5, 0.6) is 0 Å². The summed E-state index contributed by atoms with van der Waals surface area (Å²) >= 11 is 1.54. The molecule has 0 bridgehead atoms. The smallest absolute Gasteiger partial charge is 0.317 e. The Morgan fingerprint density at radius 1 is 1.31 bits per heavy atom. The summed E-state index contributed by atoms with van der Waals surface area (Å²) in [5, 5.41) is 8.47. The van der Waals surface area contributed by atoms with Gasteiger partial charge in [0.2, 0.25) is 0 Å². The Bertz CT molecular complexity index is 688. The SMILES string of the molecule is CN(C)c1ccc(N[C@@H]2CCCN(C(=O)NCc3cscn3)CC2)cn1. The van der Waals surface area contributed by atoms with Crippen LogP contribution >= 0.6 is 11.3 Å². The first-order chi connectivity index (χ1) is 12.6. The van der Waals surface area contributed by atoms with Gasteiger partial charge in [-0.15, -0.1) is 11.3 Å². The minimum absolute atomic E-state index is 0.00403. The van der Waals surface area contributed by atoms with E-state index in [0.29, 0.717) is 12.6 Å². The van der Waals surface area contributed by atoms with E-state index in [4.69, 9.17) is 0 Å². The van der Waals surface area contributed by atoms with Crippen molar-refractivity contribution in [3.8, 4) is 0 Å². The number of urea groups is 1. The Labute approximate surface area is 158 Å². The van der Waals surface area contributed by atoms with Crippen LogP contribution in [0.2, 0.25) is 0 Å². The molecule has 2 amide bonds. The van der Waals surface area contributed by atoms with Crippen molar-refractivity contribution in [2.45, 2.75) is 31.8 Å². The van der Waals surface area contributed by atoms with E-state index >= 15 is 0 Å². The van der Waals surface area contributed by atoms with Gasteiger partial charge in [-0.3, -0.25) is 0 Å². The molecule has 1 fully saturated rings. The zero-order valence-electron chi connectivity index (χ0n) is 15.3. The molecule has 26 heavy (non-hydrogen) atoms. The first-order valence-electron chi connectivity index (χ1n) is 8.91. The first-order valence-corrected chi connectivity index (χ1v) is 9.86. The number of amides is 2. The minimum atomic E-state index is -0.00403. The number of aromatic nitrogens is 2. The van der Waals surface area contributed by atoms with E-state index in [0.717, 1.165) is 49.6 Å². The molecule has 0 spiro atoms. The summed E-state index contributed by atoms with van der Waals surface area (Å²) in [7, 11) is 3.96. The molecule has 3 heterocycles. The number of carbonyl (C=O) groups is 1. The number of likely N-dealkylation sites (tertiary alicyclic amines) is 1. The molecule has 2 N–H and O–H groups in total. The van der Waals surface area contributed by atoms with Crippen LogP contribution in [-0.2, 0) is 6.54 Å². The number of carbonyl (C=O) groups excluding carboxylic acids is 1. The molecule has 1 saturated heterocycles. The number of nitrogens with one attached hydrogen (secondary N) is 2. The second kappa shape index (κ2) is 8.84. The van der Waals surface area contributed by atoms with Gasteiger partial charge in [0.05, 0.1) is 29.6 Å². The predicted octanol–water partition coefficient (Wildman–Crippen LogP) is 2.78. The van der Waals surface area contributed by atoms with Gasteiger partial charge in [-0.05, 0) is 31.4 Å². The number of nitrogens with zero attached hydrogens (tertiary/aromatic N) is 4. The van der Waals surface area contributed by atoms with Crippen LogP contribution in [0.15, 0.2) is 29.2 Å². The fraction of sp³-hybridized carbons (Fsp3) is 0.500. The Morgan fingerprint density at radius 2 is 2.19 bits per heavy atom. The molecule has 1 aliphatic rings. The van der Waals surface area contributed by atoms with Crippen molar-refractivity contribution in [1.29, 1.82) is 0 Å². The third-order valence-electron chi connectivity index (χ3n) is 4.50. The zero-order valence-corrected chi connectivity index (χ0v) is 16.1. The van der Waals surface area contributed by atoms with Gasteiger partial charge in [0.15, 0.2) is 0 Å². The van der Waals surface area contributed by atoms with Crippen molar-refractivity contribution in [2.24, 2.45) is 0 Å². The van der Waals surface area contributed by atoms with Crippen LogP contribution in [0, 0.1) is 0 Å². The van der Waals surface area contributed by atoms with E-state index in [1.54, 1.807) is 16.8 Å². The van der Waals surface area contributed by atoms with E-state index in [-0.39, 0.29) is 6.03 Å². The Hall–Kier alpha value is -2.35. The number of anilines is 2. The van der Waals surface area contributed by atoms with E-state index in [1.165, 1.54) is 0 Å². The number of pyridine rings is 1. The summed E-state index contributed by atoms with van der Waals surface area (Å²) in [5.74, 6) is 0.944. The molecule has 8 heteroatoms. The van der Waals surface area contributed by atoms with Crippen LogP contribution in [0.3, 0.4) is 0 Å². The zero-order chi connectivity index (χ0) is 18.4. The third kappa shape index (κ3) is 5.08. The van der Waals surface area contributed by atoms with Crippen molar-refractivity contribution >= 4 is 28.9 Å². The second-order valence-corrected chi connectivity index (χ2v) is 7.42. The van der Waals surface area contributed by atoms with Crippen molar-refractivity contribution in [2.75, 3.05) is 37.4 Å². The lowest BCUT2D eigenvalue weighted by molar-refractivity contribution is 0.199. The van der Waals surface area contributed by atoms with Crippen LogP contribution in [0.1, 0.15) is 25.0 Å². The molecular formula is C18H26N6OS. The molecular weight excluding hydrogens is 348 g/mol. The molecule has 0 saturated carbocycles. The minimum Gasteiger partial charge on any atom is -0.381 e. The van der Waals surface area contributed by atoms with Crippen molar-refractivity contribution in [3.63, 3.8) is 0 Å². The fourth-order valence-electron chi connectivity index (χ4n) is 3.02. The molecule has 1 atom stereocenters. The summed E-state index contributed by atoms with van der Waals surface area (Å²) in [4.78, 5) is 24.9. The molecule has 2 aromatic rings. The molecule has 7 nitrogen and oxygen atoms in total. The van der Waals surface area contributed by atoms with Gasteiger partial charge in [-0.25, -0.2) is 14.8 Å². The van der Waals surface area contributed by atoms with Gasteiger partial charge in [0.25, 0.3) is 0 Å². The van der Waals surface area contributed by atoms with Crippen LogP contribution < -0.4 is 15.5 Å². The number of thiazole rings is 1. The standard InChI is InChI=1S/C18H26N6OS/c1-23(2)17-6-5-15(10-19-17)22-14-4-3-8-24(9-7-14)18(25)20-11-16-12-26-13-21-16/h5-6,10,12-14,22H,3-4,7-9,11H2,1-2H3,(H,20,25)/t14-/m1/s1. The largest absolute Gasteiger partial charge is 0.381 e. The predicted molar refractivity (Wildman–Crippen MR) is 106 cm³/mol. The highest BCUT2D eigenvalue weighted by Gasteiger charge is 2.20. The molecule has 1 aliphatic heterocycles. The average molecular weight is 375 g/mol. The van der Waals surface area contributed by atoms with E-state index < -0.39 is 0 Å². The lowest BCUT2D eigenvalue weighted by Crippen LogP contribution is -2.40. The summed E-state index contributed by atoms with van der Waals surface area (Å²) in [6, 6.07) is 4.43. The van der Waals surface area contributed by atoms with Crippen LogP contribution in [-0.4, -0.2) is 54.1 Å². The Morgan fingerprint density at radius 3 is 2.88 bits per heavy atom. The summed E-state index contributed by atoms with van der Waals surface area (Å²) in [5.41, 5.74) is 3.72. The highest BCUT2D eigenvalue weighted by Crippen LogP contribution is 2.18. The van der Waals surface area contributed by atoms with Crippen molar-refractivity contribution in [3.05, 3.63) is 34.9 Å². The molecule has 140 valence electrons. The number of hydrogen-bond donors (Lipinski definition) is 2. The summed E-state index contributed by atoms with van der Waals surface area (Å²) < 4.78 is 0. The van der Waals surface area contributed by atoms with Gasteiger partial charge in [0, 0.05) is 38.6 Å². The van der Waals surface area contributed by atoms with Crippen LogP contribution in [0.25, 0.3) is 0 Å². The average Bonchev–Trinajstić information content (AvgIpc) is 3.05. The molecule has 0 unspecified atom stereocenters. The third-order valence-corrected chi connectivity index (χ3v) is 5.13. The first kappa shape index (κ1) is 18.4. The number of hydrogen-bond acceptors (Lipinski definition) is 6. The monoisotopic (exact) mass is 374 g/mol. The van der Waals surface area contributed by atoms with E-state index in [9.17, 15) is 4.79 Å². The maximum atomic E-state index is 12.4. The van der Waals surface area contributed by atoms with Gasteiger partial charge < -0.3 is 20.4 Å². The summed E-state index contributed by atoms with van der Waals surface area (Å²) in [6.45, 7) is 2.03. The maximum absolute atomic E-state index is 12.4. The number of rotatable bonds is 5. The second-order valence-electron chi connectivity index (χ2n) is 6.70. The van der Waals surface area contributed by atoms with Crippen LogP contribution in [0.4, 0.5) is 16.3 Å². The molecule has 3 rings (SSSR count). The topological polar surface area (TPSA) is 73.4 Å². The van der Waals surface area contributed by atoms with Crippen molar-refractivity contribution in [1.82, 2.24) is 20.2 Å². The lowest BCUT2D eigenvalue weighted by Gasteiger charge is -2.21. The highest BCUT2D eigenvalue weighted by atomic mass is 32.1. The van der Waals surface area contributed by atoms with Crippen molar-refractivity contribution < 1.29 is 4.79 Å². The van der Waals surface area contributed by atoms with E-state index in [2.05, 4.69) is 26.7 Å². The lowest BCUT2D eigenvalue weighted by atomic mass is 10.1. The molecule has 0 aromatic carbocycles. The Balaban J connectivity index is 1.47. The van der Waals surface area contributed by atoms with Gasteiger partial charge in [-0.1, -0.05) is 0 Å². The van der Waals surface area contributed by atoms with Gasteiger partial charge in [0.1, 0.15) is 5.82 Å². The highest BCUT2D eigenvalue weighted by molar-refractivity contribution is 7.07. The van der Waals surface area contributed by atoms with Gasteiger partial charge >= 0.3 is 6.03 Å². The Kier molecular flexibility index (Phi) is 6.27.